The van der Waals surface area contributed by atoms with Gasteiger partial charge in [0.1, 0.15) is 11.6 Å². The van der Waals surface area contributed by atoms with E-state index >= 15 is 0 Å². The summed E-state index contributed by atoms with van der Waals surface area (Å²) in [4.78, 5) is 38.7. The molecular formula is C29H27F3N2O7S. The van der Waals surface area contributed by atoms with Gasteiger partial charge in [-0.25, -0.2) is 18.0 Å². The fraction of sp³-hybridized carbons (Fsp3) is 0.276. The molecule has 9 nitrogen and oxygen atoms in total. The molecule has 2 amide bonds. The topological polar surface area (TPSA) is 130 Å². The Balaban J connectivity index is 1.70. The van der Waals surface area contributed by atoms with Crippen molar-refractivity contribution in [2.24, 2.45) is 0 Å². The quantitative estimate of drug-likeness (QED) is 0.405. The van der Waals surface area contributed by atoms with Crippen molar-refractivity contribution in [1.29, 1.82) is 0 Å². The van der Waals surface area contributed by atoms with Gasteiger partial charge in [-0.15, -0.1) is 0 Å². The van der Waals surface area contributed by atoms with Gasteiger partial charge >= 0.3 is 18.2 Å². The van der Waals surface area contributed by atoms with Crippen LogP contribution in [0.3, 0.4) is 0 Å². The van der Waals surface area contributed by atoms with Crippen molar-refractivity contribution < 1.29 is 45.8 Å². The predicted molar refractivity (Wildman–Crippen MR) is 147 cm³/mol. The third-order valence-corrected chi connectivity index (χ3v) is 8.10. The molecule has 0 radical (unpaired) electrons. The van der Waals surface area contributed by atoms with E-state index in [9.17, 15) is 41.1 Å². The van der Waals surface area contributed by atoms with E-state index in [0.717, 1.165) is 35.2 Å². The standard InChI is InChI=1S/C29H27F3N2O7S/c1-28(2,3)41-27(38)33-22-16-42(39,40)24-13-10-20(26(36)37)14-23(24)34(25(22)35)15-17-4-6-18(7-5-17)19-8-11-21(12-9-19)29(30,31)32/h4-14,22H,15-16H2,1-3H3,(H,33,38)(H,36,37)/t22-/m0/s1. The lowest BCUT2D eigenvalue weighted by Crippen LogP contribution is -2.51. The van der Waals surface area contributed by atoms with Crippen molar-refractivity contribution in [3.63, 3.8) is 0 Å². The van der Waals surface area contributed by atoms with Gasteiger partial charge in [0.05, 0.1) is 34.0 Å². The minimum atomic E-state index is -4.47. The molecule has 0 aromatic heterocycles. The van der Waals surface area contributed by atoms with Crippen molar-refractivity contribution >= 4 is 33.5 Å². The lowest BCUT2D eigenvalue weighted by molar-refractivity contribution is -0.137. The zero-order valence-corrected chi connectivity index (χ0v) is 23.5. The number of aromatic carboxylic acids is 1. The van der Waals surface area contributed by atoms with Crippen molar-refractivity contribution in [3.05, 3.63) is 83.4 Å². The van der Waals surface area contributed by atoms with Gasteiger partial charge in [-0.05, 0) is 67.8 Å². The van der Waals surface area contributed by atoms with Gasteiger partial charge in [-0.3, -0.25) is 4.79 Å². The van der Waals surface area contributed by atoms with Crippen LogP contribution in [0.5, 0.6) is 0 Å². The molecule has 0 saturated heterocycles. The van der Waals surface area contributed by atoms with E-state index < -0.39 is 56.9 Å². The van der Waals surface area contributed by atoms with Crippen LogP contribution in [0.1, 0.15) is 42.3 Å². The second-order valence-corrected chi connectivity index (χ2v) is 12.7. The number of alkyl carbamates (subject to hydrolysis) is 1. The first-order valence-corrected chi connectivity index (χ1v) is 14.3. The van der Waals surface area contributed by atoms with E-state index in [2.05, 4.69) is 5.32 Å². The molecule has 1 aliphatic rings. The summed E-state index contributed by atoms with van der Waals surface area (Å²) in [5, 5.41) is 11.8. The number of ether oxygens (including phenoxy) is 1. The van der Waals surface area contributed by atoms with Crippen LogP contribution in [0.4, 0.5) is 23.7 Å². The number of amides is 2. The zero-order chi connectivity index (χ0) is 31.0. The summed E-state index contributed by atoms with van der Waals surface area (Å²) in [6.45, 7) is 4.59. The molecule has 4 rings (SSSR count). The molecule has 2 N–H and O–H groups in total. The average molecular weight is 605 g/mol. The Hall–Kier alpha value is -4.39. The number of anilines is 1. The SMILES string of the molecule is CC(C)(C)OC(=O)N[C@H]1CS(=O)(=O)c2ccc(C(=O)O)cc2N(Cc2ccc(-c3ccc(C(F)(F)F)cc3)cc2)C1=O. The van der Waals surface area contributed by atoms with Crippen molar-refractivity contribution in [1.82, 2.24) is 5.32 Å². The molecule has 0 unspecified atom stereocenters. The Morgan fingerprint density at radius 2 is 1.55 bits per heavy atom. The van der Waals surface area contributed by atoms with Gasteiger partial charge in [0, 0.05) is 0 Å². The van der Waals surface area contributed by atoms with Crippen LogP contribution < -0.4 is 10.2 Å². The Morgan fingerprint density at radius 3 is 2.07 bits per heavy atom. The average Bonchev–Trinajstić information content (AvgIpc) is 2.96. The maximum absolute atomic E-state index is 13.7. The molecule has 1 heterocycles. The Kier molecular flexibility index (Phi) is 8.09. The van der Waals surface area contributed by atoms with Crippen LogP contribution in [0, 0.1) is 0 Å². The minimum Gasteiger partial charge on any atom is -0.478 e. The summed E-state index contributed by atoms with van der Waals surface area (Å²) in [7, 11) is -4.18. The smallest absolute Gasteiger partial charge is 0.416 e. The fourth-order valence-electron chi connectivity index (χ4n) is 4.36. The van der Waals surface area contributed by atoms with Crippen molar-refractivity contribution in [2.75, 3.05) is 10.7 Å². The summed E-state index contributed by atoms with van der Waals surface area (Å²) in [6.07, 6.45) is -5.48. The van der Waals surface area contributed by atoms with Crippen LogP contribution in [-0.4, -0.2) is 48.9 Å². The zero-order valence-electron chi connectivity index (χ0n) is 22.7. The predicted octanol–water partition coefficient (Wildman–Crippen LogP) is 5.28. The number of halogens is 3. The van der Waals surface area contributed by atoms with Gasteiger partial charge in [0.15, 0.2) is 9.84 Å². The number of hydrogen-bond donors (Lipinski definition) is 2. The van der Waals surface area contributed by atoms with E-state index in [1.54, 1.807) is 45.0 Å². The first-order chi connectivity index (χ1) is 19.4. The maximum Gasteiger partial charge on any atom is 0.416 e. The fourth-order valence-corrected chi connectivity index (χ4v) is 5.97. The summed E-state index contributed by atoms with van der Waals surface area (Å²) in [6, 6.07) is 12.8. The highest BCUT2D eigenvalue weighted by Gasteiger charge is 2.39. The lowest BCUT2D eigenvalue weighted by Gasteiger charge is -2.27. The highest BCUT2D eigenvalue weighted by molar-refractivity contribution is 7.91. The van der Waals surface area contributed by atoms with Gasteiger partial charge < -0.3 is 20.1 Å². The number of carbonyl (C=O) groups is 3. The summed E-state index contributed by atoms with van der Waals surface area (Å²) >= 11 is 0. The van der Waals surface area contributed by atoms with Crippen LogP contribution in [0.25, 0.3) is 11.1 Å². The third kappa shape index (κ3) is 6.90. The molecular weight excluding hydrogens is 577 g/mol. The second-order valence-electron chi connectivity index (χ2n) is 10.7. The first-order valence-electron chi connectivity index (χ1n) is 12.6. The van der Waals surface area contributed by atoms with Gasteiger partial charge in [-0.1, -0.05) is 36.4 Å². The Bertz CT molecular complexity index is 1630. The Morgan fingerprint density at radius 1 is 0.976 bits per heavy atom. The van der Waals surface area contributed by atoms with Crippen molar-refractivity contribution in [2.45, 2.75) is 50.0 Å². The van der Waals surface area contributed by atoms with Crippen LogP contribution in [0.2, 0.25) is 0 Å². The molecule has 3 aromatic rings. The van der Waals surface area contributed by atoms with Gasteiger partial charge in [0.2, 0.25) is 0 Å². The molecule has 0 fully saturated rings. The normalized spacial score (nSPS) is 16.8. The van der Waals surface area contributed by atoms with E-state index in [1.807, 2.05) is 0 Å². The number of carbonyl (C=O) groups excluding carboxylic acids is 2. The number of carboxylic acid groups (broad SMARTS) is 1. The number of carboxylic acids is 1. The minimum absolute atomic E-state index is 0.166. The highest BCUT2D eigenvalue weighted by atomic mass is 32.2. The van der Waals surface area contributed by atoms with Crippen LogP contribution >= 0.6 is 0 Å². The lowest BCUT2D eigenvalue weighted by atomic mass is 10.0. The van der Waals surface area contributed by atoms with E-state index in [-0.39, 0.29) is 22.7 Å². The van der Waals surface area contributed by atoms with Crippen LogP contribution in [0.15, 0.2) is 71.6 Å². The second kappa shape index (κ2) is 11.1. The summed E-state index contributed by atoms with van der Waals surface area (Å²) in [5.41, 5.74) is -0.518. The molecule has 1 atom stereocenters. The number of sulfone groups is 1. The van der Waals surface area contributed by atoms with E-state index in [4.69, 9.17) is 4.74 Å². The molecule has 42 heavy (non-hydrogen) atoms. The number of benzene rings is 3. The molecule has 3 aromatic carbocycles. The van der Waals surface area contributed by atoms with Crippen molar-refractivity contribution in [3.8, 4) is 11.1 Å². The molecule has 0 aliphatic carbocycles. The maximum atomic E-state index is 13.7. The molecule has 222 valence electrons. The highest BCUT2D eigenvalue weighted by Crippen LogP contribution is 2.34. The van der Waals surface area contributed by atoms with Gasteiger partial charge in [0.25, 0.3) is 5.91 Å². The molecule has 0 spiro atoms. The first kappa shape index (κ1) is 30.6. The number of nitrogens with one attached hydrogen (secondary N) is 1. The van der Waals surface area contributed by atoms with E-state index in [1.165, 1.54) is 12.1 Å². The number of alkyl halides is 3. The number of rotatable bonds is 5. The monoisotopic (exact) mass is 604 g/mol. The molecule has 0 saturated carbocycles. The van der Waals surface area contributed by atoms with Gasteiger partial charge in [-0.2, -0.15) is 13.2 Å². The molecule has 0 bridgehead atoms. The Labute approximate surface area is 239 Å². The third-order valence-electron chi connectivity index (χ3n) is 6.31. The number of fused-ring (bicyclic) bond motifs is 1. The summed E-state index contributed by atoms with van der Waals surface area (Å²) < 4.78 is 70.5. The molecule has 13 heteroatoms. The number of nitrogens with zero attached hydrogens (tertiary/aromatic N) is 1. The summed E-state index contributed by atoms with van der Waals surface area (Å²) in [5.74, 6) is -2.93. The van der Waals surface area contributed by atoms with Crippen LogP contribution in [-0.2, 0) is 32.1 Å². The van der Waals surface area contributed by atoms with E-state index in [0.29, 0.717) is 16.7 Å². The number of hydrogen-bond acceptors (Lipinski definition) is 6. The molecule has 1 aliphatic heterocycles. The largest absolute Gasteiger partial charge is 0.478 e.